The van der Waals surface area contributed by atoms with Crippen molar-refractivity contribution in [3.05, 3.63) is 29.8 Å². The van der Waals surface area contributed by atoms with Crippen molar-refractivity contribution in [2.75, 3.05) is 19.3 Å². The first-order chi connectivity index (χ1) is 10.5. The molecule has 0 saturated heterocycles. The second kappa shape index (κ2) is 9.51. The van der Waals surface area contributed by atoms with Crippen LogP contribution in [0.4, 0.5) is 0 Å². The minimum absolute atomic E-state index is 0.0124. The topological polar surface area (TPSA) is 49.4 Å². The molecule has 1 aromatic carbocycles. The number of nitrogens with zero attached hydrogens (tertiary/aromatic N) is 1. The fourth-order valence-electron chi connectivity index (χ4n) is 1.98. The minimum atomic E-state index is -0.0124. The first kappa shape index (κ1) is 18.6. The molecular weight excluding hydrogens is 296 g/mol. The Morgan fingerprint density at radius 3 is 2.59 bits per heavy atom. The Hall–Kier alpha value is -1.49. The summed E-state index contributed by atoms with van der Waals surface area (Å²) in [4.78, 5) is 26.9. The lowest BCUT2D eigenvalue weighted by molar-refractivity contribution is -0.119. The first-order valence-corrected chi connectivity index (χ1v) is 8.71. The summed E-state index contributed by atoms with van der Waals surface area (Å²) in [6.07, 6.45) is 2.05. The number of carbonyl (C=O) groups excluding carboxylic acids is 2. The Morgan fingerprint density at radius 2 is 1.95 bits per heavy atom. The van der Waals surface area contributed by atoms with Crippen LogP contribution in [0.15, 0.2) is 29.2 Å². The smallest absolute Gasteiger partial charge is 0.254 e. The van der Waals surface area contributed by atoms with Gasteiger partial charge >= 0.3 is 0 Å². The molecule has 0 spiro atoms. The van der Waals surface area contributed by atoms with Gasteiger partial charge in [0.2, 0.25) is 5.91 Å². The number of carbonyl (C=O) groups is 2. The number of hydrogen-bond donors (Lipinski definition) is 1. The number of unbranched alkanes of at least 4 members (excludes halogenated alkanes) is 1. The van der Waals surface area contributed by atoms with Crippen LogP contribution in [0.2, 0.25) is 0 Å². The van der Waals surface area contributed by atoms with Crippen molar-refractivity contribution in [2.45, 2.75) is 44.6 Å². The highest BCUT2D eigenvalue weighted by Crippen LogP contribution is 2.23. The van der Waals surface area contributed by atoms with Gasteiger partial charge in [-0.05, 0) is 32.4 Å². The Kier molecular flexibility index (Phi) is 8.02. The lowest BCUT2D eigenvalue weighted by Crippen LogP contribution is -2.31. The van der Waals surface area contributed by atoms with Gasteiger partial charge in [-0.3, -0.25) is 9.59 Å². The highest BCUT2D eigenvalue weighted by Gasteiger charge is 2.16. The zero-order chi connectivity index (χ0) is 16.5. The molecule has 0 saturated carbocycles. The number of hydrogen-bond acceptors (Lipinski definition) is 3. The second-order valence-corrected chi connectivity index (χ2v) is 6.60. The third-order valence-corrected chi connectivity index (χ3v) is 4.19. The van der Waals surface area contributed by atoms with Crippen molar-refractivity contribution in [3.8, 4) is 0 Å². The summed E-state index contributed by atoms with van der Waals surface area (Å²) in [6, 6.07) is 7.61. The monoisotopic (exact) mass is 322 g/mol. The molecule has 5 heteroatoms. The molecule has 0 heterocycles. The van der Waals surface area contributed by atoms with Gasteiger partial charge in [-0.15, -0.1) is 11.8 Å². The summed E-state index contributed by atoms with van der Waals surface area (Å²) in [6.45, 7) is 6.73. The van der Waals surface area contributed by atoms with Crippen LogP contribution < -0.4 is 5.32 Å². The zero-order valence-corrected chi connectivity index (χ0v) is 14.7. The van der Waals surface area contributed by atoms with E-state index in [9.17, 15) is 9.59 Å². The third-order valence-electron chi connectivity index (χ3n) is 3.12. The molecule has 0 aromatic heterocycles. The molecule has 0 unspecified atom stereocenters. The van der Waals surface area contributed by atoms with Gasteiger partial charge in [-0.1, -0.05) is 25.5 Å². The normalized spacial score (nSPS) is 10.6. The lowest BCUT2D eigenvalue weighted by Gasteiger charge is -2.18. The molecular formula is C17H26N2O2S. The molecule has 0 radical (unpaired) electrons. The average Bonchev–Trinajstić information content (AvgIpc) is 2.49. The van der Waals surface area contributed by atoms with E-state index in [1.807, 2.05) is 45.2 Å². The SMILES string of the molecule is CCCCN(C)C(=O)c1ccccc1SCC(=O)NC(C)C. The standard InChI is InChI=1S/C17H26N2O2S/c1-5-6-11-19(4)17(21)14-9-7-8-10-15(14)22-12-16(20)18-13(2)3/h7-10,13H,5-6,11-12H2,1-4H3,(H,18,20). The fourth-order valence-corrected chi connectivity index (χ4v) is 2.83. The third kappa shape index (κ3) is 6.10. The number of amides is 2. The molecule has 0 aliphatic rings. The van der Waals surface area contributed by atoms with Crippen LogP contribution in [-0.4, -0.2) is 42.1 Å². The van der Waals surface area contributed by atoms with Gasteiger partial charge < -0.3 is 10.2 Å². The van der Waals surface area contributed by atoms with E-state index in [-0.39, 0.29) is 17.9 Å². The maximum Gasteiger partial charge on any atom is 0.254 e. The largest absolute Gasteiger partial charge is 0.353 e. The molecule has 0 atom stereocenters. The van der Waals surface area contributed by atoms with Crippen molar-refractivity contribution < 1.29 is 9.59 Å². The van der Waals surface area contributed by atoms with Gasteiger partial charge in [0.1, 0.15) is 0 Å². The van der Waals surface area contributed by atoms with E-state index in [0.717, 1.165) is 24.3 Å². The molecule has 2 amide bonds. The lowest BCUT2D eigenvalue weighted by atomic mass is 10.2. The molecule has 0 aliphatic carbocycles. The molecule has 1 rings (SSSR count). The van der Waals surface area contributed by atoms with Gasteiger partial charge in [0.25, 0.3) is 5.91 Å². The van der Waals surface area contributed by atoms with E-state index in [2.05, 4.69) is 12.2 Å². The van der Waals surface area contributed by atoms with E-state index in [4.69, 9.17) is 0 Å². The molecule has 22 heavy (non-hydrogen) atoms. The van der Waals surface area contributed by atoms with Crippen LogP contribution in [0.1, 0.15) is 44.0 Å². The molecule has 1 aromatic rings. The predicted molar refractivity (Wildman–Crippen MR) is 92.3 cm³/mol. The van der Waals surface area contributed by atoms with Crippen molar-refractivity contribution in [3.63, 3.8) is 0 Å². The number of nitrogens with one attached hydrogen (secondary N) is 1. The number of benzene rings is 1. The van der Waals surface area contributed by atoms with Crippen LogP contribution in [0.25, 0.3) is 0 Å². The first-order valence-electron chi connectivity index (χ1n) is 7.72. The average molecular weight is 322 g/mol. The van der Waals surface area contributed by atoms with Crippen LogP contribution >= 0.6 is 11.8 Å². The van der Waals surface area contributed by atoms with Crippen LogP contribution in [0.3, 0.4) is 0 Å². The summed E-state index contributed by atoms with van der Waals surface area (Å²) < 4.78 is 0. The summed E-state index contributed by atoms with van der Waals surface area (Å²) in [5, 5.41) is 2.86. The maximum atomic E-state index is 12.5. The Morgan fingerprint density at radius 1 is 1.27 bits per heavy atom. The quantitative estimate of drug-likeness (QED) is 0.748. The van der Waals surface area contributed by atoms with Crippen molar-refractivity contribution in [1.82, 2.24) is 10.2 Å². The molecule has 0 fully saturated rings. The molecule has 4 nitrogen and oxygen atoms in total. The van der Waals surface area contributed by atoms with Crippen molar-refractivity contribution >= 4 is 23.6 Å². The summed E-state index contributed by atoms with van der Waals surface area (Å²) in [7, 11) is 1.82. The van der Waals surface area contributed by atoms with Crippen molar-refractivity contribution in [2.24, 2.45) is 0 Å². The second-order valence-electron chi connectivity index (χ2n) is 5.59. The molecule has 1 N–H and O–H groups in total. The van der Waals surface area contributed by atoms with Crippen molar-refractivity contribution in [1.29, 1.82) is 0 Å². The Bertz CT molecular complexity index is 503. The summed E-state index contributed by atoms with van der Waals surface area (Å²) in [5.74, 6) is 0.323. The number of thioether (sulfide) groups is 1. The molecule has 122 valence electrons. The predicted octanol–water partition coefficient (Wildman–Crippen LogP) is 3.18. The van der Waals surface area contributed by atoms with E-state index < -0.39 is 0 Å². The highest BCUT2D eigenvalue weighted by molar-refractivity contribution is 8.00. The Labute approximate surface area is 137 Å². The van der Waals surface area contributed by atoms with Gasteiger partial charge in [-0.2, -0.15) is 0 Å². The highest BCUT2D eigenvalue weighted by atomic mass is 32.2. The van der Waals surface area contributed by atoms with Gasteiger partial charge in [0, 0.05) is 24.5 Å². The maximum absolute atomic E-state index is 12.5. The van der Waals surface area contributed by atoms with E-state index in [1.54, 1.807) is 4.90 Å². The zero-order valence-electron chi connectivity index (χ0n) is 13.9. The van der Waals surface area contributed by atoms with Gasteiger partial charge in [-0.25, -0.2) is 0 Å². The minimum Gasteiger partial charge on any atom is -0.353 e. The van der Waals surface area contributed by atoms with Crippen LogP contribution in [0, 0.1) is 0 Å². The van der Waals surface area contributed by atoms with E-state index >= 15 is 0 Å². The van der Waals surface area contributed by atoms with Gasteiger partial charge in [0.05, 0.1) is 11.3 Å². The Balaban J connectivity index is 2.73. The van der Waals surface area contributed by atoms with E-state index in [1.165, 1.54) is 11.8 Å². The molecule has 0 aliphatic heterocycles. The number of rotatable bonds is 8. The molecule has 0 bridgehead atoms. The van der Waals surface area contributed by atoms with Gasteiger partial charge in [0.15, 0.2) is 0 Å². The van der Waals surface area contributed by atoms with E-state index in [0.29, 0.717) is 11.3 Å². The van der Waals surface area contributed by atoms with Crippen LogP contribution in [0.5, 0.6) is 0 Å². The summed E-state index contributed by atoms with van der Waals surface area (Å²) >= 11 is 1.41. The fraction of sp³-hybridized carbons (Fsp3) is 0.529. The van der Waals surface area contributed by atoms with Crippen LogP contribution in [-0.2, 0) is 4.79 Å². The summed E-state index contributed by atoms with van der Waals surface area (Å²) in [5.41, 5.74) is 0.670.